The summed E-state index contributed by atoms with van der Waals surface area (Å²) in [6.45, 7) is 5.69. The lowest BCUT2D eigenvalue weighted by molar-refractivity contribution is -0.0932. The van der Waals surface area contributed by atoms with Crippen molar-refractivity contribution in [3.05, 3.63) is 77.3 Å². The number of nitrogen functional groups attached to an aromatic ring is 1. The van der Waals surface area contributed by atoms with Gasteiger partial charge in [0.05, 0.1) is 12.9 Å². The average molecular weight is 522 g/mol. The second-order valence-corrected chi connectivity index (χ2v) is 15.3. The van der Waals surface area contributed by atoms with Crippen LogP contribution in [-0.2, 0) is 10.1 Å². The number of hydrogen-bond donors (Lipinski definition) is 5. The van der Waals surface area contributed by atoms with Crippen molar-refractivity contribution in [1.29, 1.82) is 0 Å². The molecule has 2 aromatic carbocycles. The molecule has 2 aromatic heterocycles. The lowest BCUT2D eigenvalue weighted by Gasteiger charge is -2.55. The zero-order valence-electron chi connectivity index (χ0n) is 20.9. The number of aliphatic hydroxyl groups is 3. The van der Waals surface area contributed by atoms with Gasteiger partial charge in [-0.15, -0.1) is 0 Å². The summed E-state index contributed by atoms with van der Waals surface area (Å²) in [5.74, 6) is -0.122. The van der Waals surface area contributed by atoms with Crippen LogP contribution in [0, 0.1) is 0 Å². The van der Waals surface area contributed by atoms with Gasteiger partial charge in [-0.1, -0.05) is 81.4 Å². The molecule has 0 radical (unpaired) electrons. The fraction of sp³-hybridized carbons (Fsp3) is 0.346. The van der Waals surface area contributed by atoms with Crippen LogP contribution in [0.4, 0.5) is 5.95 Å². The molecule has 0 aliphatic carbocycles. The Morgan fingerprint density at radius 3 is 2.14 bits per heavy atom. The molecule has 0 spiro atoms. The zero-order valence-corrected chi connectivity index (χ0v) is 21.9. The van der Waals surface area contributed by atoms with Gasteiger partial charge in [-0.05, 0) is 15.4 Å². The highest BCUT2D eigenvalue weighted by atomic mass is 28.3. The van der Waals surface area contributed by atoms with Gasteiger partial charge in [0, 0.05) is 0 Å². The van der Waals surface area contributed by atoms with E-state index in [1.54, 1.807) is 4.57 Å². The Morgan fingerprint density at radius 1 is 1.08 bits per heavy atom. The van der Waals surface area contributed by atoms with Crippen LogP contribution < -0.4 is 21.7 Å². The number of anilines is 1. The highest BCUT2D eigenvalue weighted by Crippen LogP contribution is 2.52. The fourth-order valence-corrected chi connectivity index (χ4v) is 13.0. The summed E-state index contributed by atoms with van der Waals surface area (Å²) >= 11 is 0. The molecule has 1 aliphatic heterocycles. The van der Waals surface area contributed by atoms with Crippen LogP contribution in [0.15, 0.2) is 71.8 Å². The molecule has 10 nitrogen and oxygen atoms in total. The van der Waals surface area contributed by atoms with Gasteiger partial charge in [0.2, 0.25) is 5.95 Å². The quantitative estimate of drug-likeness (QED) is 0.231. The van der Waals surface area contributed by atoms with Crippen LogP contribution in [0.25, 0.3) is 11.2 Å². The number of imidazole rings is 1. The summed E-state index contributed by atoms with van der Waals surface area (Å²) in [5.41, 5.74) is 5.53. The van der Waals surface area contributed by atoms with E-state index in [-0.39, 0.29) is 17.1 Å². The lowest BCUT2D eigenvalue weighted by atomic mass is 10.1. The molecule has 4 atom stereocenters. The number of nitrogens with two attached hydrogens (primary N) is 1. The van der Waals surface area contributed by atoms with Gasteiger partial charge >= 0.3 is 0 Å². The van der Waals surface area contributed by atoms with E-state index < -0.39 is 48.9 Å². The lowest BCUT2D eigenvalue weighted by Crippen LogP contribution is -2.80. The van der Waals surface area contributed by atoms with Crippen molar-refractivity contribution in [3.8, 4) is 0 Å². The Bertz CT molecular complexity index is 1430. The summed E-state index contributed by atoms with van der Waals surface area (Å²) in [4.78, 5) is 23.9. The van der Waals surface area contributed by atoms with Gasteiger partial charge in [0.25, 0.3) is 5.56 Å². The van der Waals surface area contributed by atoms with Crippen molar-refractivity contribution < 1.29 is 20.1 Å². The van der Waals surface area contributed by atoms with Gasteiger partial charge in [-0.25, -0.2) is 4.98 Å². The van der Waals surface area contributed by atoms with Gasteiger partial charge in [-0.3, -0.25) is 14.3 Å². The SMILES string of the molecule is CC(C)(C)[Si](c1ccccc1)(c1ccccc1)[C@@]1(n2cnc3c(=O)[nH]c(N)nc32)O[C@H](CO)[C@@H](O)[C@H]1O. The molecule has 0 saturated carbocycles. The van der Waals surface area contributed by atoms with Crippen molar-refractivity contribution in [2.45, 2.75) is 49.5 Å². The van der Waals surface area contributed by atoms with Crippen LogP contribution in [0.2, 0.25) is 5.04 Å². The predicted octanol–water partition coefficient (Wildman–Crippen LogP) is 0.0700. The van der Waals surface area contributed by atoms with Crippen molar-refractivity contribution in [1.82, 2.24) is 19.5 Å². The van der Waals surface area contributed by atoms with Gasteiger partial charge in [0.1, 0.15) is 18.3 Å². The highest BCUT2D eigenvalue weighted by Gasteiger charge is 2.72. The molecule has 0 bridgehead atoms. The Morgan fingerprint density at radius 2 is 1.65 bits per heavy atom. The van der Waals surface area contributed by atoms with Gasteiger partial charge in [-0.2, -0.15) is 4.98 Å². The van der Waals surface area contributed by atoms with Crippen LogP contribution in [-0.4, -0.2) is 67.8 Å². The van der Waals surface area contributed by atoms with E-state index in [2.05, 4.69) is 35.7 Å². The standard InChI is InChI=1S/C26H31N5O5Si/c1-25(2,3)37(16-10-6-4-7-11-16,17-12-8-5-9-13-17)26(21(34)20(33)18(14-32)36-26)31-15-28-19-22(31)29-24(27)30-23(19)35/h4-13,15,18,20-21,32-34H,14H2,1-3H3,(H3,27,29,30,35)/t18-,20-,21-,26+/m1/s1. The molecule has 6 N–H and O–H groups in total. The number of H-pyrrole nitrogens is 1. The van der Waals surface area contributed by atoms with E-state index in [1.807, 2.05) is 60.7 Å². The molecular weight excluding hydrogens is 490 g/mol. The topological polar surface area (TPSA) is 160 Å². The van der Waals surface area contributed by atoms with Gasteiger partial charge < -0.3 is 25.8 Å². The number of rotatable bonds is 5. The fourth-order valence-electron chi connectivity index (χ4n) is 6.17. The van der Waals surface area contributed by atoms with E-state index >= 15 is 0 Å². The van der Waals surface area contributed by atoms with E-state index in [0.29, 0.717) is 0 Å². The highest BCUT2D eigenvalue weighted by molar-refractivity contribution is 7.05. The first-order valence-corrected chi connectivity index (χ1v) is 14.1. The minimum absolute atomic E-state index is 0.0178. The number of fused-ring (bicyclic) bond motifs is 1. The number of nitrogens with one attached hydrogen (secondary N) is 1. The number of hydrogen-bond acceptors (Lipinski definition) is 8. The summed E-state index contributed by atoms with van der Waals surface area (Å²) in [7, 11) is -3.50. The van der Waals surface area contributed by atoms with Crippen molar-refractivity contribution in [3.63, 3.8) is 0 Å². The van der Waals surface area contributed by atoms with Crippen LogP contribution in [0.3, 0.4) is 0 Å². The minimum Gasteiger partial charge on any atom is -0.394 e. The molecule has 194 valence electrons. The molecule has 5 rings (SSSR count). The third-order valence-corrected chi connectivity index (χ3v) is 13.9. The van der Waals surface area contributed by atoms with Crippen LogP contribution in [0.1, 0.15) is 20.8 Å². The average Bonchev–Trinajstić information content (AvgIpc) is 3.40. The van der Waals surface area contributed by atoms with E-state index in [4.69, 9.17) is 10.5 Å². The summed E-state index contributed by atoms with van der Waals surface area (Å²) < 4.78 is 8.25. The second kappa shape index (κ2) is 8.89. The molecule has 0 amide bonds. The number of ether oxygens (including phenoxy) is 1. The maximum absolute atomic E-state index is 12.8. The number of benzene rings is 2. The third-order valence-electron chi connectivity index (χ3n) is 7.48. The normalized spacial score (nSPS) is 24.5. The van der Waals surface area contributed by atoms with Crippen molar-refractivity contribution in [2.75, 3.05) is 12.3 Å². The van der Waals surface area contributed by atoms with E-state index in [9.17, 15) is 20.1 Å². The number of aromatic nitrogens is 4. The maximum atomic E-state index is 12.8. The molecule has 1 aliphatic rings. The first-order valence-electron chi connectivity index (χ1n) is 12.1. The summed E-state index contributed by atoms with van der Waals surface area (Å²) in [6.07, 6.45) is -2.64. The number of nitrogens with zero attached hydrogens (tertiary/aromatic N) is 3. The zero-order chi connectivity index (χ0) is 26.6. The maximum Gasteiger partial charge on any atom is 0.280 e. The van der Waals surface area contributed by atoms with Gasteiger partial charge in [0.15, 0.2) is 24.6 Å². The molecule has 4 aromatic rings. The third kappa shape index (κ3) is 3.42. The number of aromatic amines is 1. The Labute approximate surface area is 214 Å². The molecule has 1 saturated heterocycles. The monoisotopic (exact) mass is 521 g/mol. The predicted molar refractivity (Wildman–Crippen MR) is 142 cm³/mol. The first kappa shape index (κ1) is 25.3. The molecule has 37 heavy (non-hydrogen) atoms. The number of aliphatic hydroxyl groups excluding tert-OH is 3. The van der Waals surface area contributed by atoms with E-state index in [0.717, 1.165) is 10.4 Å². The smallest absolute Gasteiger partial charge is 0.280 e. The Hall–Kier alpha value is -3.35. The second-order valence-electron chi connectivity index (χ2n) is 10.4. The van der Waals surface area contributed by atoms with Crippen molar-refractivity contribution in [2.24, 2.45) is 0 Å². The molecular formula is C26H31N5O5Si. The molecule has 1 fully saturated rings. The molecule has 11 heteroatoms. The summed E-state index contributed by atoms with van der Waals surface area (Å²) in [6, 6.07) is 19.5. The molecule has 0 unspecified atom stereocenters. The largest absolute Gasteiger partial charge is 0.394 e. The Balaban J connectivity index is 2.03. The first-order chi connectivity index (χ1) is 17.6. The summed E-state index contributed by atoms with van der Waals surface area (Å²) in [5, 5.41) is 33.1. The Kier molecular flexibility index (Phi) is 6.08. The van der Waals surface area contributed by atoms with Crippen molar-refractivity contribution >= 4 is 35.6 Å². The van der Waals surface area contributed by atoms with E-state index in [1.165, 1.54) is 6.33 Å². The molecule has 3 heterocycles. The minimum atomic E-state index is -3.50. The van der Waals surface area contributed by atoms with Crippen LogP contribution in [0.5, 0.6) is 0 Å². The van der Waals surface area contributed by atoms with Crippen LogP contribution >= 0.6 is 0 Å².